The van der Waals surface area contributed by atoms with Crippen LogP contribution in [0.15, 0.2) is 144 Å². The number of para-hydroxylation sites is 3. The second-order valence-electron chi connectivity index (χ2n) is 16.4. The molecule has 0 amide bonds. The Balaban J connectivity index is 0.00000441. The number of aromatic nitrogens is 3. The van der Waals surface area contributed by atoms with Crippen molar-refractivity contribution in [3.05, 3.63) is 157 Å². The first-order chi connectivity index (χ1) is 26.4. The second kappa shape index (κ2) is 14.1. The van der Waals surface area contributed by atoms with E-state index in [0.717, 1.165) is 72.5 Å². The SMILES string of the molecule is CC(C)(C)c1cc(-c2cc(-c3[c-]c(-c4nc5ccccn5c4-c4cccc5c4oc4ccccc45)ccc3)nc(-c3ccccc3O)c2)cc(C(C)(C)C)c1.[Pt]. The largest absolute Gasteiger partial charge is 0.507 e. The maximum atomic E-state index is 11.0. The summed E-state index contributed by atoms with van der Waals surface area (Å²) in [6, 6.07) is 49.0. The van der Waals surface area contributed by atoms with Crippen LogP contribution in [0.5, 0.6) is 5.75 Å². The fourth-order valence-corrected chi connectivity index (χ4v) is 7.45. The topological polar surface area (TPSA) is 63.6 Å². The fraction of sp³-hybridized carbons (Fsp3) is 0.160. The zero-order valence-electron chi connectivity index (χ0n) is 32.3. The Labute approximate surface area is 342 Å². The van der Waals surface area contributed by atoms with E-state index in [1.54, 1.807) is 6.07 Å². The van der Waals surface area contributed by atoms with Crippen LogP contribution >= 0.6 is 0 Å². The Morgan fingerprint density at radius 3 is 1.98 bits per heavy atom. The zero-order valence-corrected chi connectivity index (χ0v) is 34.6. The molecule has 280 valence electrons. The third-order valence-electron chi connectivity index (χ3n) is 10.5. The van der Waals surface area contributed by atoms with Gasteiger partial charge in [-0.3, -0.25) is 9.97 Å². The smallest absolute Gasteiger partial charge is 0.144 e. The summed E-state index contributed by atoms with van der Waals surface area (Å²) in [7, 11) is 0. The molecule has 0 fully saturated rings. The zero-order chi connectivity index (χ0) is 38.1. The summed E-state index contributed by atoms with van der Waals surface area (Å²) in [4.78, 5) is 10.4. The molecule has 4 heterocycles. The number of phenolic OH excluding ortho intramolecular Hbond substituents is 1. The molecule has 5 nitrogen and oxygen atoms in total. The van der Waals surface area contributed by atoms with Crippen molar-refractivity contribution in [2.24, 2.45) is 0 Å². The molecule has 0 spiro atoms. The molecule has 0 atom stereocenters. The van der Waals surface area contributed by atoms with Gasteiger partial charge in [0.15, 0.2) is 0 Å². The molecule has 1 N–H and O–H groups in total. The minimum atomic E-state index is -0.0486. The van der Waals surface area contributed by atoms with Crippen molar-refractivity contribution in [1.29, 1.82) is 0 Å². The molecule has 56 heavy (non-hydrogen) atoms. The molecule has 0 aliphatic rings. The van der Waals surface area contributed by atoms with Crippen molar-refractivity contribution >= 4 is 27.6 Å². The van der Waals surface area contributed by atoms with Gasteiger partial charge in [-0.2, -0.15) is 0 Å². The quantitative estimate of drug-likeness (QED) is 0.175. The summed E-state index contributed by atoms with van der Waals surface area (Å²) < 4.78 is 8.66. The number of hydrogen-bond donors (Lipinski definition) is 1. The molecule has 0 bridgehead atoms. The van der Waals surface area contributed by atoms with Crippen LogP contribution in [0.1, 0.15) is 52.7 Å². The van der Waals surface area contributed by atoms with Crippen LogP contribution in [0.4, 0.5) is 0 Å². The number of benzene rings is 5. The van der Waals surface area contributed by atoms with Gasteiger partial charge in [0, 0.05) is 60.5 Å². The summed E-state index contributed by atoms with van der Waals surface area (Å²) in [6.45, 7) is 13.5. The molecule has 6 heteroatoms. The Morgan fingerprint density at radius 2 is 1.21 bits per heavy atom. The van der Waals surface area contributed by atoms with E-state index in [2.05, 4.69) is 113 Å². The van der Waals surface area contributed by atoms with E-state index in [0.29, 0.717) is 11.3 Å². The Bertz CT molecular complexity index is 2890. The van der Waals surface area contributed by atoms with E-state index < -0.39 is 0 Å². The van der Waals surface area contributed by atoms with Gasteiger partial charge in [0.05, 0.1) is 11.4 Å². The summed E-state index contributed by atoms with van der Waals surface area (Å²) in [5.74, 6) is 0.184. The van der Waals surface area contributed by atoms with Gasteiger partial charge >= 0.3 is 0 Å². The molecule has 0 radical (unpaired) electrons. The number of fused-ring (bicyclic) bond motifs is 4. The van der Waals surface area contributed by atoms with E-state index in [-0.39, 0.29) is 37.6 Å². The number of furan rings is 1. The standard InChI is InChI=1S/C50H42N3O2.Pt/c1-49(2,3)35-26-33(27-36(30-35)50(4,5)6)34-28-41(51-42(29-34)39-18-7-9-21-43(39)54)31-15-13-16-32(25-31)46-47(53-24-12-11-23-45(53)52-46)40-20-14-19-38-37-17-8-10-22-44(37)55-48(38)40;/h7-24,26-30,54H,1-6H3;/q-1;. The van der Waals surface area contributed by atoms with Gasteiger partial charge in [0.25, 0.3) is 0 Å². The summed E-state index contributed by atoms with van der Waals surface area (Å²) in [5.41, 5.74) is 13.5. The van der Waals surface area contributed by atoms with Crippen LogP contribution in [0.3, 0.4) is 0 Å². The summed E-state index contributed by atoms with van der Waals surface area (Å²) in [5, 5.41) is 13.2. The van der Waals surface area contributed by atoms with Crippen molar-refractivity contribution in [1.82, 2.24) is 14.4 Å². The number of hydrogen-bond acceptors (Lipinski definition) is 4. The third kappa shape index (κ3) is 6.65. The van der Waals surface area contributed by atoms with Crippen molar-refractivity contribution in [3.8, 4) is 61.9 Å². The molecular weight excluding hydrogens is 870 g/mol. The van der Waals surface area contributed by atoms with Gasteiger partial charge in [-0.25, -0.2) is 0 Å². The number of pyridine rings is 2. The molecule has 0 saturated carbocycles. The molecule has 0 aliphatic carbocycles. The molecule has 0 saturated heterocycles. The first-order valence-electron chi connectivity index (χ1n) is 18.8. The number of rotatable bonds is 5. The van der Waals surface area contributed by atoms with Gasteiger partial charge in [-0.15, -0.1) is 24.3 Å². The van der Waals surface area contributed by atoms with Gasteiger partial charge in [-0.05, 0) is 75.5 Å². The van der Waals surface area contributed by atoms with E-state index >= 15 is 0 Å². The van der Waals surface area contributed by atoms with Crippen LogP contribution < -0.4 is 0 Å². The summed E-state index contributed by atoms with van der Waals surface area (Å²) in [6.07, 6.45) is 2.05. The third-order valence-corrected chi connectivity index (χ3v) is 10.5. The van der Waals surface area contributed by atoms with Crippen molar-refractivity contribution in [2.75, 3.05) is 0 Å². The maximum absolute atomic E-state index is 11.0. The van der Waals surface area contributed by atoms with Crippen LogP contribution in [-0.2, 0) is 31.9 Å². The van der Waals surface area contributed by atoms with Gasteiger partial charge in [-0.1, -0.05) is 125 Å². The van der Waals surface area contributed by atoms with Gasteiger partial charge in [0.1, 0.15) is 22.6 Å². The number of aromatic hydroxyl groups is 1. The maximum Gasteiger partial charge on any atom is 0.144 e. The van der Waals surface area contributed by atoms with E-state index in [1.165, 1.54) is 11.1 Å². The summed E-state index contributed by atoms with van der Waals surface area (Å²) >= 11 is 0. The molecular formula is C50H42N3O2Pt-. The van der Waals surface area contributed by atoms with E-state index in [9.17, 15) is 5.11 Å². The van der Waals surface area contributed by atoms with Gasteiger partial charge in [0.2, 0.25) is 0 Å². The number of phenols is 1. The van der Waals surface area contributed by atoms with Crippen molar-refractivity contribution in [3.63, 3.8) is 0 Å². The molecule has 0 aliphatic heterocycles. The van der Waals surface area contributed by atoms with E-state index in [1.807, 2.05) is 72.9 Å². The normalized spacial score (nSPS) is 12.0. The van der Waals surface area contributed by atoms with Crippen molar-refractivity contribution in [2.45, 2.75) is 52.4 Å². The van der Waals surface area contributed by atoms with Crippen molar-refractivity contribution < 1.29 is 30.6 Å². The van der Waals surface area contributed by atoms with Crippen LogP contribution in [0.2, 0.25) is 0 Å². The Hall–Kier alpha value is -5.77. The van der Waals surface area contributed by atoms with E-state index in [4.69, 9.17) is 14.4 Å². The minimum Gasteiger partial charge on any atom is -0.507 e. The molecule has 9 rings (SSSR count). The average Bonchev–Trinajstić information content (AvgIpc) is 3.76. The van der Waals surface area contributed by atoms with Crippen LogP contribution in [0.25, 0.3) is 83.7 Å². The minimum absolute atomic E-state index is 0. The Morgan fingerprint density at radius 1 is 0.589 bits per heavy atom. The monoisotopic (exact) mass is 911 g/mol. The Kier molecular flexibility index (Phi) is 9.33. The van der Waals surface area contributed by atoms with Gasteiger partial charge < -0.3 is 13.9 Å². The molecule has 5 aromatic carbocycles. The first-order valence-corrected chi connectivity index (χ1v) is 18.8. The predicted octanol–water partition coefficient (Wildman–Crippen LogP) is 13.1. The molecule has 9 aromatic rings. The molecule has 0 unspecified atom stereocenters. The number of nitrogens with zero attached hydrogens (tertiary/aromatic N) is 3. The fourth-order valence-electron chi connectivity index (χ4n) is 7.45. The first kappa shape index (κ1) is 37.2. The van der Waals surface area contributed by atoms with Crippen LogP contribution in [0, 0.1) is 6.07 Å². The average molecular weight is 912 g/mol. The van der Waals surface area contributed by atoms with Crippen LogP contribution in [-0.4, -0.2) is 19.5 Å². The second-order valence-corrected chi connectivity index (χ2v) is 16.4. The predicted molar refractivity (Wildman–Crippen MR) is 225 cm³/mol. The molecule has 4 aromatic heterocycles. The number of imidazole rings is 1.